The van der Waals surface area contributed by atoms with Crippen molar-refractivity contribution in [1.82, 2.24) is 15.0 Å². The van der Waals surface area contributed by atoms with Crippen LogP contribution in [0.1, 0.15) is 0 Å². The minimum Gasteiger partial charge on any atom is -0.456 e. The molecule has 57 heavy (non-hydrogen) atoms. The third-order valence-electron chi connectivity index (χ3n) is 10.9. The van der Waals surface area contributed by atoms with Gasteiger partial charge in [0.1, 0.15) is 22.3 Å². The molecule has 0 radical (unpaired) electrons. The minimum absolute atomic E-state index is 0.583. The van der Waals surface area contributed by atoms with Crippen LogP contribution in [0, 0.1) is 0 Å². The lowest BCUT2D eigenvalue weighted by Gasteiger charge is -2.10. The van der Waals surface area contributed by atoms with Gasteiger partial charge in [-0.2, -0.15) is 0 Å². The first kappa shape index (κ1) is 31.9. The van der Waals surface area contributed by atoms with Crippen molar-refractivity contribution in [2.24, 2.45) is 0 Å². The van der Waals surface area contributed by atoms with E-state index in [4.69, 9.17) is 23.8 Å². The smallest absolute Gasteiger partial charge is 0.164 e. The maximum absolute atomic E-state index is 6.91. The van der Waals surface area contributed by atoms with Gasteiger partial charge in [0.25, 0.3) is 0 Å². The first-order valence-electron chi connectivity index (χ1n) is 18.9. The highest BCUT2D eigenvalue weighted by Crippen LogP contribution is 2.45. The van der Waals surface area contributed by atoms with Crippen LogP contribution in [-0.2, 0) is 0 Å². The topological polar surface area (TPSA) is 65.0 Å². The van der Waals surface area contributed by atoms with Gasteiger partial charge in [-0.3, -0.25) is 0 Å². The van der Waals surface area contributed by atoms with E-state index in [1.54, 1.807) is 0 Å². The Kier molecular flexibility index (Phi) is 7.03. The summed E-state index contributed by atoms with van der Waals surface area (Å²) in [5, 5.41) is 6.74. The molecular weight excluding hydrogens is 719 g/mol. The predicted octanol–water partition coefficient (Wildman–Crippen LogP) is 14.4. The second kappa shape index (κ2) is 12.6. The van der Waals surface area contributed by atoms with Gasteiger partial charge in [-0.25, -0.2) is 15.0 Å². The Morgan fingerprint density at radius 2 is 0.965 bits per heavy atom. The average molecular weight is 748 g/mol. The molecule has 0 aliphatic rings. The highest BCUT2D eigenvalue weighted by atomic mass is 32.1. The van der Waals surface area contributed by atoms with Gasteiger partial charge in [-0.1, -0.05) is 127 Å². The molecule has 0 N–H and O–H groups in total. The van der Waals surface area contributed by atoms with E-state index in [1.165, 1.54) is 20.2 Å². The van der Waals surface area contributed by atoms with Gasteiger partial charge in [0, 0.05) is 64.0 Å². The highest BCUT2D eigenvalue weighted by molar-refractivity contribution is 7.25. The molecule has 5 nitrogen and oxygen atoms in total. The SMILES string of the molecule is c1ccc(-c2nc(-c3ccccc3)nc(-c3ccc4c(c3)oc3c(-c5cc(-c6ccc7sc8ccccc8c7c6)cc6oc7ccccc7c56)cccc34)n2)cc1. The van der Waals surface area contributed by atoms with Crippen molar-refractivity contribution < 1.29 is 8.83 Å². The molecule has 0 aliphatic carbocycles. The van der Waals surface area contributed by atoms with Gasteiger partial charge >= 0.3 is 0 Å². The van der Waals surface area contributed by atoms with Crippen LogP contribution < -0.4 is 0 Å². The summed E-state index contributed by atoms with van der Waals surface area (Å²) in [6.07, 6.45) is 0. The molecule has 8 aromatic carbocycles. The van der Waals surface area contributed by atoms with Crippen LogP contribution in [-0.4, -0.2) is 15.0 Å². The Balaban J connectivity index is 1.05. The molecule has 4 heterocycles. The molecular formula is C51H29N3O2S. The van der Waals surface area contributed by atoms with Crippen LogP contribution in [0.5, 0.6) is 0 Å². The summed E-state index contributed by atoms with van der Waals surface area (Å²) in [7, 11) is 0. The quantitative estimate of drug-likeness (QED) is 0.175. The number of benzene rings is 8. The van der Waals surface area contributed by atoms with E-state index < -0.39 is 0 Å². The molecule has 0 spiro atoms. The normalized spacial score (nSPS) is 11.9. The van der Waals surface area contributed by atoms with Crippen LogP contribution in [0.4, 0.5) is 0 Å². The third kappa shape index (κ3) is 5.19. The zero-order chi connectivity index (χ0) is 37.5. The first-order valence-corrected chi connectivity index (χ1v) is 19.7. The molecule has 0 fully saturated rings. The number of aromatic nitrogens is 3. The van der Waals surface area contributed by atoms with Crippen molar-refractivity contribution in [3.8, 4) is 56.4 Å². The van der Waals surface area contributed by atoms with Crippen LogP contribution in [0.25, 0.3) is 120 Å². The zero-order valence-electron chi connectivity index (χ0n) is 30.3. The molecule has 0 unspecified atom stereocenters. The largest absolute Gasteiger partial charge is 0.456 e. The van der Waals surface area contributed by atoms with Crippen molar-refractivity contribution >= 4 is 75.4 Å². The van der Waals surface area contributed by atoms with Crippen LogP contribution in [0.3, 0.4) is 0 Å². The van der Waals surface area contributed by atoms with E-state index in [1.807, 2.05) is 84.1 Å². The Hall–Kier alpha value is -7.41. The molecule has 0 aliphatic heterocycles. The van der Waals surface area contributed by atoms with E-state index in [2.05, 4.69) is 103 Å². The maximum Gasteiger partial charge on any atom is 0.164 e. The fraction of sp³-hybridized carbons (Fsp3) is 0. The first-order chi connectivity index (χ1) is 28.2. The number of hydrogen-bond acceptors (Lipinski definition) is 6. The standard InChI is InChI=1S/C51H29N3O2S/c1-3-12-30(13-4-1)49-52-50(31-14-5-2-6-15-31)54-51(53-49)33-22-24-35-37-18-11-19-38(48(37)56-43(35)28-33)41-27-34(29-44-47(41)39-17-7-9-20-42(39)55-44)32-23-25-46-40(26-32)36-16-8-10-21-45(36)57-46/h1-29H. The summed E-state index contributed by atoms with van der Waals surface area (Å²) in [4.78, 5) is 14.8. The number of furan rings is 2. The molecule has 0 bridgehead atoms. The van der Waals surface area contributed by atoms with Gasteiger partial charge in [-0.15, -0.1) is 11.3 Å². The Morgan fingerprint density at radius 3 is 1.75 bits per heavy atom. The second-order valence-electron chi connectivity index (χ2n) is 14.3. The summed E-state index contributed by atoms with van der Waals surface area (Å²) in [5.74, 6) is 1.82. The Labute approximate surface area is 330 Å². The molecule has 4 aromatic heterocycles. The van der Waals surface area contributed by atoms with Crippen molar-refractivity contribution in [3.05, 3.63) is 176 Å². The number of nitrogens with zero attached hydrogens (tertiary/aromatic N) is 3. The number of rotatable bonds is 5. The molecule has 0 saturated carbocycles. The third-order valence-corrected chi connectivity index (χ3v) is 12.1. The number of thiophene rings is 1. The van der Waals surface area contributed by atoms with Crippen molar-refractivity contribution in [2.45, 2.75) is 0 Å². The van der Waals surface area contributed by atoms with E-state index in [9.17, 15) is 0 Å². The summed E-state index contributed by atoms with van der Waals surface area (Å²) >= 11 is 1.83. The predicted molar refractivity (Wildman–Crippen MR) is 234 cm³/mol. The maximum atomic E-state index is 6.91. The van der Waals surface area contributed by atoms with Gasteiger partial charge < -0.3 is 8.83 Å². The lowest BCUT2D eigenvalue weighted by atomic mass is 9.93. The second-order valence-corrected chi connectivity index (χ2v) is 15.4. The molecule has 12 aromatic rings. The summed E-state index contributed by atoms with van der Waals surface area (Å²) in [6.45, 7) is 0. The van der Waals surface area contributed by atoms with E-state index in [-0.39, 0.29) is 0 Å². The summed E-state index contributed by atoms with van der Waals surface area (Å²) in [6, 6.07) is 60.9. The average Bonchev–Trinajstić information content (AvgIpc) is 3.97. The van der Waals surface area contributed by atoms with Crippen molar-refractivity contribution in [2.75, 3.05) is 0 Å². The van der Waals surface area contributed by atoms with Crippen LogP contribution in [0.15, 0.2) is 185 Å². The van der Waals surface area contributed by atoms with E-state index in [0.29, 0.717) is 17.5 Å². The number of fused-ring (bicyclic) bond motifs is 9. The molecule has 0 atom stereocenters. The highest BCUT2D eigenvalue weighted by Gasteiger charge is 2.21. The minimum atomic E-state index is 0.583. The zero-order valence-corrected chi connectivity index (χ0v) is 31.1. The molecule has 266 valence electrons. The molecule has 0 amide bonds. The molecule has 6 heteroatoms. The Bertz CT molecular complexity index is 3470. The fourth-order valence-electron chi connectivity index (χ4n) is 8.23. The number of hydrogen-bond donors (Lipinski definition) is 0. The van der Waals surface area contributed by atoms with Crippen LogP contribution >= 0.6 is 11.3 Å². The van der Waals surface area contributed by atoms with E-state index >= 15 is 0 Å². The lowest BCUT2D eigenvalue weighted by molar-refractivity contribution is 0.669. The lowest BCUT2D eigenvalue weighted by Crippen LogP contribution is -2.00. The number of para-hydroxylation sites is 2. The summed E-state index contributed by atoms with van der Waals surface area (Å²) in [5.41, 5.74) is 10.3. The van der Waals surface area contributed by atoms with Gasteiger partial charge in [0.15, 0.2) is 17.5 Å². The monoisotopic (exact) mass is 747 g/mol. The van der Waals surface area contributed by atoms with Crippen LogP contribution in [0.2, 0.25) is 0 Å². The van der Waals surface area contributed by atoms with E-state index in [0.717, 1.165) is 82.8 Å². The fourth-order valence-corrected chi connectivity index (χ4v) is 9.31. The van der Waals surface area contributed by atoms with Crippen molar-refractivity contribution in [1.29, 1.82) is 0 Å². The van der Waals surface area contributed by atoms with Crippen molar-refractivity contribution in [3.63, 3.8) is 0 Å². The van der Waals surface area contributed by atoms with Gasteiger partial charge in [0.05, 0.1) is 0 Å². The molecule has 0 saturated heterocycles. The van der Waals surface area contributed by atoms with Gasteiger partial charge in [0.2, 0.25) is 0 Å². The Morgan fingerprint density at radius 1 is 0.333 bits per heavy atom. The molecule has 12 rings (SSSR count). The summed E-state index contributed by atoms with van der Waals surface area (Å²) < 4.78 is 16.1. The van der Waals surface area contributed by atoms with Gasteiger partial charge in [-0.05, 0) is 65.2 Å².